The van der Waals surface area contributed by atoms with E-state index in [0.29, 0.717) is 0 Å². The molecule has 0 aliphatic rings. The molecule has 8 heteroatoms. The van der Waals surface area contributed by atoms with E-state index in [1.54, 1.807) is 13.8 Å². The van der Waals surface area contributed by atoms with E-state index in [1.165, 1.54) is 0 Å². The average Bonchev–Trinajstić information content (AvgIpc) is 2.10. The largest absolute Gasteiger partial charge is 0.480 e. The molecule has 3 N–H and O–H groups in total. The van der Waals surface area contributed by atoms with Crippen molar-refractivity contribution in [2.45, 2.75) is 32.5 Å². The van der Waals surface area contributed by atoms with Gasteiger partial charge in [-0.15, -0.1) is 0 Å². The number of aliphatic carboxylic acids is 1. The van der Waals surface area contributed by atoms with Gasteiger partial charge in [-0.1, -0.05) is 13.8 Å². The zero-order valence-electron chi connectivity index (χ0n) is 9.47. The van der Waals surface area contributed by atoms with Crippen LogP contribution < -0.4 is 10.6 Å². The van der Waals surface area contributed by atoms with Crippen molar-refractivity contribution >= 4 is 12.0 Å². The predicted octanol–water partition coefficient (Wildman–Crippen LogP) is 1.35. The Kier molecular flexibility index (Phi) is 5.77. The summed E-state index contributed by atoms with van der Waals surface area (Å²) in [4.78, 5) is 21.8. The SMILES string of the molecule is CC(C)C(NC(=O)NCCC(F)(F)F)C(=O)O. The predicted molar refractivity (Wildman–Crippen MR) is 53.5 cm³/mol. The van der Waals surface area contributed by atoms with Gasteiger partial charge in [0.1, 0.15) is 6.04 Å². The number of carbonyl (C=O) groups is 2. The van der Waals surface area contributed by atoms with Gasteiger partial charge in [0.2, 0.25) is 0 Å². The van der Waals surface area contributed by atoms with E-state index >= 15 is 0 Å². The van der Waals surface area contributed by atoms with Gasteiger partial charge in [-0.05, 0) is 5.92 Å². The second-order valence-corrected chi connectivity index (χ2v) is 3.83. The van der Waals surface area contributed by atoms with Gasteiger partial charge in [0.05, 0.1) is 6.42 Å². The second kappa shape index (κ2) is 6.31. The molecule has 1 unspecified atom stereocenters. The molecule has 0 radical (unpaired) electrons. The number of rotatable bonds is 5. The van der Waals surface area contributed by atoms with Crippen LogP contribution in [0.4, 0.5) is 18.0 Å². The highest BCUT2D eigenvalue weighted by Gasteiger charge is 2.27. The van der Waals surface area contributed by atoms with Crippen LogP contribution in [0, 0.1) is 5.92 Å². The molecule has 5 nitrogen and oxygen atoms in total. The minimum atomic E-state index is -4.35. The zero-order chi connectivity index (χ0) is 13.6. The van der Waals surface area contributed by atoms with Crippen molar-refractivity contribution in [2.24, 2.45) is 5.92 Å². The molecule has 0 spiro atoms. The standard InChI is InChI=1S/C9H15F3N2O3/c1-5(2)6(7(15)16)14-8(17)13-4-3-9(10,11)12/h5-6H,3-4H2,1-2H3,(H,15,16)(H2,13,14,17). The van der Waals surface area contributed by atoms with Gasteiger partial charge in [0, 0.05) is 6.54 Å². The fraction of sp³-hybridized carbons (Fsp3) is 0.778. The lowest BCUT2D eigenvalue weighted by atomic mass is 10.1. The average molecular weight is 256 g/mol. The van der Waals surface area contributed by atoms with Crippen molar-refractivity contribution in [1.82, 2.24) is 10.6 Å². The summed E-state index contributed by atoms with van der Waals surface area (Å²) in [6.07, 6.45) is -5.50. The van der Waals surface area contributed by atoms with E-state index in [-0.39, 0.29) is 5.92 Å². The van der Waals surface area contributed by atoms with Crippen LogP contribution >= 0.6 is 0 Å². The molecule has 0 aromatic carbocycles. The molecule has 0 aliphatic heterocycles. The number of carboxylic acid groups (broad SMARTS) is 1. The topological polar surface area (TPSA) is 78.4 Å². The first kappa shape index (κ1) is 15.5. The Bertz CT molecular complexity index is 279. The van der Waals surface area contributed by atoms with Crippen molar-refractivity contribution in [3.05, 3.63) is 0 Å². The van der Waals surface area contributed by atoms with Crippen molar-refractivity contribution in [3.8, 4) is 0 Å². The highest BCUT2D eigenvalue weighted by molar-refractivity contribution is 5.82. The van der Waals surface area contributed by atoms with Crippen molar-refractivity contribution < 1.29 is 27.9 Å². The number of alkyl halides is 3. The van der Waals surface area contributed by atoms with Crippen LogP contribution in [0.2, 0.25) is 0 Å². The van der Waals surface area contributed by atoms with Crippen LogP contribution in [0.15, 0.2) is 0 Å². The van der Waals surface area contributed by atoms with Crippen LogP contribution in [-0.2, 0) is 4.79 Å². The highest BCUT2D eigenvalue weighted by atomic mass is 19.4. The Morgan fingerprint density at radius 3 is 2.18 bits per heavy atom. The maximum absolute atomic E-state index is 11.8. The Balaban J connectivity index is 4.04. The molecular formula is C9H15F3N2O3. The molecule has 0 aromatic rings. The second-order valence-electron chi connectivity index (χ2n) is 3.83. The number of hydrogen-bond donors (Lipinski definition) is 3. The van der Waals surface area contributed by atoms with E-state index in [2.05, 4.69) is 5.32 Å². The summed E-state index contributed by atoms with van der Waals surface area (Å²) < 4.78 is 35.3. The number of hydrogen-bond acceptors (Lipinski definition) is 2. The molecule has 2 amide bonds. The van der Waals surface area contributed by atoms with E-state index in [1.807, 2.05) is 5.32 Å². The van der Waals surface area contributed by atoms with Crippen LogP contribution in [-0.4, -0.2) is 35.9 Å². The zero-order valence-corrected chi connectivity index (χ0v) is 9.47. The summed E-state index contributed by atoms with van der Waals surface area (Å²) in [5, 5.41) is 12.8. The van der Waals surface area contributed by atoms with Gasteiger partial charge in [0.25, 0.3) is 0 Å². The first-order chi connectivity index (χ1) is 7.63. The van der Waals surface area contributed by atoms with Gasteiger partial charge >= 0.3 is 18.2 Å². The minimum Gasteiger partial charge on any atom is -0.480 e. The molecule has 0 saturated carbocycles. The smallest absolute Gasteiger partial charge is 0.390 e. The number of nitrogens with one attached hydrogen (secondary N) is 2. The third-order valence-electron chi connectivity index (χ3n) is 1.91. The number of urea groups is 1. The van der Waals surface area contributed by atoms with E-state index < -0.39 is 37.2 Å². The normalized spacial score (nSPS) is 13.3. The molecule has 0 aliphatic carbocycles. The highest BCUT2D eigenvalue weighted by Crippen LogP contribution is 2.18. The van der Waals surface area contributed by atoms with E-state index in [4.69, 9.17) is 5.11 Å². The minimum absolute atomic E-state index is 0.360. The number of halogens is 3. The molecule has 0 fully saturated rings. The third-order valence-corrected chi connectivity index (χ3v) is 1.91. The third kappa shape index (κ3) is 7.42. The molecule has 0 bridgehead atoms. The van der Waals surface area contributed by atoms with Crippen LogP contribution in [0.1, 0.15) is 20.3 Å². The first-order valence-corrected chi connectivity index (χ1v) is 4.97. The number of carboxylic acids is 1. The maximum atomic E-state index is 11.8. The summed E-state index contributed by atoms with van der Waals surface area (Å²) in [5.41, 5.74) is 0. The molecule has 100 valence electrons. The van der Waals surface area contributed by atoms with Crippen molar-refractivity contribution in [2.75, 3.05) is 6.54 Å². The summed E-state index contributed by atoms with van der Waals surface area (Å²) in [6.45, 7) is 2.57. The monoisotopic (exact) mass is 256 g/mol. The molecule has 0 heterocycles. The molecular weight excluding hydrogens is 241 g/mol. The molecule has 1 atom stereocenters. The Morgan fingerprint density at radius 2 is 1.82 bits per heavy atom. The number of amides is 2. The van der Waals surface area contributed by atoms with Crippen LogP contribution in [0.25, 0.3) is 0 Å². The van der Waals surface area contributed by atoms with E-state index in [9.17, 15) is 22.8 Å². The lowest BCUT2D eigenvalue weighted by Gasteiger charge is -2.18. The lowest BCUT2D eigenvalue weighted by molar-refractivity contribution is -0.140. The van der Waals surface area contributed by atoms with Crippen molar-refractivity contribution in [1.29, 1.82) is 0 Å². The molecule has 0 saturated heterocycles. The summed E-state index contributed by atoms with van der Waals surface area (Å²) >= 11 is 0. The summed E-state index contributed by atoms with van der Waals surface area (Å²) in [6, 6.07) is -2.05. The summed E-state index contributed by atoms with van der Waals surface area (Å²) in [5.74, 6) is -1.59. The molecule has 0 aromatic heterocycles. The Hall–Kier alpha value is -1.47. The van der Waals surface area contributed by atoms with Gasteiger partial charge in [0.15, 0.2) is 0 Å². The fourth-order valence-electron chi connectivity index (χ4n) is 1.02. The quantitative estimate of drug-likeness (QED) is 0.694. The fourth-order valence-corrected chi connectivity index (χ4v) is 1.02. The number of carbonyl (C=O) groups excluding carboxylic acids is 1. The van der Waals surface area contributed by atoms with Gasteiger partial charge < -0.3 is 15.7 Å². The van der Waals surface area contributed by atoms with Gasteiger partial charge in [-0.2, -0.15) is 13.2 Å². The molecule has 17 heavy (non-hydrogen) atoms. The van der Waals surface area contributed by atoms with Crippen molar-refractivity contribution in [3.63, 3.8) is 0 Å². The van der Waals surface area contributed by atoms with Crippen LogP contribution in [0.5, 0.6) is 0 Å². The van der Waals surface area contributed by atoms with Gasteiger partial charge in [-0.25, -0.2) is 9.59 Å². The molecule has 0 rings (SSSR count). The Labute approximate surface area is 96.4 Å². The lowest BCUT2D eigenvalue weighted by Crippen LogP contribution is -2.49. The van der Waals surface area contributed by atoms with E-state index in [0.717, 1.165) is 0 Å². The maximum Gasteiger partial charge on any atom is 0.390 e. The first-order valence-electron chi connectivity index (χ1n) is 4.97. The van der Waals surface area contributed by atoms with Gasteiger partial charge in [-0.3, -0.25) is 0 Å². The Morgan fingerprint density at radius 1 is 1.29 bits per heavy atom. The van der Waals surface area contributed by atoms with Crippen LogP contribution in [0.3, 0.4) is 0 Å². The summed E-state index contributed by atoms with van der Waals surface area (Å²) in [7, 11) is 0.